The first-order chi connectivity index (χ1) is 9.12. The van der Waals surface area contributed by atoms with E-state index < -0.39 is 5.54 Å². The van der Waals surface area contributed by atoms with Gasteiger partial charge in [-0.05, 0) is 38.9 Å². The van der Waals surface area contributed by atoms with E-state index in [1.54, 1.807) is 18.0 Å². The zero-order valence-electron chi connectivity index (χ0n) is 11.8. The molecule has 0 aliphatic heterocycles. The zero-order valence-corrected chi connectivity index (χ0v) is 12.6. The van der Waals surface area contributed by atoms with Crippen molar-refractivity contribution in [3.05, 3.63) is 24.4 Å². The number of esters is 1. The molecule has 1 atom stereocenters. The maximum Gasteiger partial charge on any atom is 0.326 e. The molecule has 0 saturated heterocycles. The third kappa shape index (κ3) is 5.20. The normalized spacial score (nSPS) is 13.8. The molecule has 0 saturated carbocycles. The van der Waals surface area contributed by atoms with Crippen molar-refractivity contribution in [3.63, 3.8) is 0 Å². The number of hydrogen-bond acceptors (Lipinski definition) is 5. The van der Waals surface area contributed by atoms with Crippen LogP contribution in [-0.2, 0) is 9.53 Å². The van der Waals surface area contributed by atoms with Gasteiger partial charge in [-0.1, -0.05) is 13.0 Å². The van der Waals surface area contributed by atoms with Crippen molar-refractivity contribution in [2.24, 2.45) is 0 Å². The number of nitrogens with zero attached hydrogens (tertiary/aromatic N) is 1. The van der Waals surface area contributed by atoms with E-state index in [-0.39, 0.29) is 5.97 Å². The van der Waals surface area contributed by atoms with E-state index in [2.05, 4.69) is 10.3 Å². The number of thioether (sulfide) groups is 1. The molecule has 0 bridgehead atoms. The summed E-state index contributed by atoms with van der Waals surface area (Å²) in [5, 5.41) is 4.20. The molecule has 0 aliphatic rings. The Morgan fingerprint density at radius 2 is 2.26 bits per heavy atom. The number of pyridine rings is 1. The predicted octanol–water partition coefficient (Wildman–Crippen LogP) is 2.50. The Morgan fingerprint density at radius 1 is 1.47 bits per heavy atom. The summed E-state index contributed by atoms with van der Waals surface area (Å²) in [5.41, 5.74) is -0.619. The molecule has 1 aromatic heterocycles. The van der Waals surface area contributed by atoms with Crippen molar-refractivity contribution in [3.8, 4) is 0 Å². The van der Waals surface area contributed by atoms with Crippen LogP contribution in [0.3, 0.4) is 0 Å². The van der Waals surface area contributed by atoms with Crippen LogP contribution in [0.1, 0.15) is 27.2 Å². The van der Waals surface area contributed by atoms with Gasteiger partial charge >= 0.3 is 5.97 Å². The first kappa shape index (κ1) is 16.0. The van der Waals surface area contributed by atoms with Gasteiger partial charge in [0.05, 0.1) is 11.6 Å². The lowest BCUT2D eigenvalue weighted by atomic mass is 9.99. The molecule has 0 aromatic carbocycles. The highest BCUT2D eigenvalue weighted by atomic mass is 32.2. The van der Waals surface area contributed by atoms with Crippen LogP contribution in [0.2, 0.25) is 0 Å². The highest BCUT2D eigenvalue weighted by Crippen LogP contribution is 2.21. The number of carbonyl (C=O) groups excluding carboxylic acids is 1. The van der Waals surface area contributed by atoms with Crippen molar-refractivity contribution < 1.29 is 9.53 Å². The third-order valence-corrected chi connectivity index (χ3v) is 3.73. The summed E-state index contributed by atoms with van der Waals surface area (Å²) in [5.74, 6) is 0.637. The van der Waals surface area contributed by atoms with Gasteiger partial charge in [0, 0.05) is 11.9 Å². The minimum atomic E-state index is -0.619. The molecule has 0 fully saturated rings. The molecule has 1 N–H and O–H groups in total. The molecule has 0 amide bonds. The van der Waals surface area contributed by atoms with Gasteiger partial charge in [0.1, 0.15) is 5.54 Å². The summed E-state index contributed by atoms with van der Waals surface area (Å²) in [7, 11) is 0. The molecule has 4 nitrogen and oxygen atoms in total. The fourth-order valence-corrected chi connectivity index (χ4v) is 2.76. The molecule has 0 spiro atoms. The van der Waals surface area contributed by atoms with Gasteiger partial charge < -0.3 is 10.1 Å². The third-order valence-electron chi connectivity index (χ3n) is 2.78. The Kier molecular flexibility index (Phi) is 6.87. The molecule has 1 aromatic rings. The smallest absolute Gasteiger partial charge is 0.326 e. The number of ether oxygens (including phenoxy) is 1. The maximum atomic E-state index is 12.0. The van der Waals surface area contributed by atoms with Gasteiger partial charge in [-0.3, -0.25) is 4.79 Å². The Hall–Kier alpha value is -1.07. The largest absolute Gasteiger partial charge is 0.465 e. The molecule has 19 heavy (non-hydrogen) atoms. The zero-order chi connectivity index (χ0) is 14.1. The predicted molar refractivity (Wildman–Crippen MR) is 78.3 cm³/mol. The van der Waals surface area contributed by atoms with Gasteiger partial charge in [0.2, 0.25) is 0 Å². The first-order valence-electron chi connectivity index (χ1n) is 6.58. The van der Waals surface area contributed by atoms with Gasteiger partial charge in [-0.2, -0.15) is 0 Å². The summed E-state index contributed by atoms with van der Waals surface area (Å²) in [4.78, 5) is 16.2. The van der Waals surface area contributed by atoms with Crippen LogP contribution in [0.25, 0.3) is 0 Å². The Balaban J connectivity index is 2.51. The number of carbonyl (C=O) groups is 1. The number of likely N-dealkylation sites (N-methyl/N-ethyl adjacent to an activating group) is 1. The lowest BCUT2D eigenvalue weighted by Gasteiger charge is -2.27. The molecular weight excluding hydrogens is 260 g/mol. The van der Waals surface area contributed by atoms with Gasteiger partial charge in [0.25, 0.3) is 0 Å². The van der Waals surface area contributed by atoms with E-state index in [0.29, 0.717) is 13.0 Å². The lowest BCUT2D eigenvalue weighted by molar-refractivity contribution is -0.150. The van der Waals surface area contributed by atoms with Crippen LogP contribution < -0.4 is 5.32 Å². The van der Waals surface area contributed by atoms with E-state index in [0.717, 1.165) is 17.3 Å². The number of nitrogens with one attached hydrogen (secondary N) is 1. The maximum absolute atomic E-state index is 12.0. The Labute approximate surface area is 119 Å². The quantitative estimate of drug-likeness (QED) is 0.586. The summed E-state index contributed by atoms with van der Waals surface area (Å²) < 4.78 is 5.14. The molecule has 5 heteroatoms. The van der Waals surface area contributed by atoms with Gasteiger partial charge in [-0.25, -0.2) is 4.98 Å². The summed E-state index contributed by atoms with van der Waals surface area (Å²) in [6.07, 6.45) is 2.48. The summed E-state index contributed by atoms with van der Waals surface area (Å²) in [6, 6.07) is 5.83. The van der Waals surface area contributed by atoms with Crippen LogP contribution in [-0.4, -0.2) is 35.4 Å². The van der Waals surface area contributed by atoms with Gasteiger partial charge in [0.15, 0.2) is 0 Å². The van der Waals surface area contributed by atoms with Crippen molar-refractivity contribution in [2.45, 2.75) is 37.8 Å². The topological polar surface area (TPSA) is 51.2 Å². The van der Waals surface area contributed by atoms with Crippen LogP contribution in [0, 0.1) is 0 Å². The Morgan fingerprint density at radius 3 is 2.84 bits per heavy atom. The second-order valence-corrected chi connectivity index (χ2v) is 5.46. The summed E-state index contributed by atoms with van der Waals surface area (Å²) >= 11 is 1.65. The average Bonchev–Trinajstić information content (AvgIpc) is 2.40. The van der Waals surface area contributed by atoms with E-state index >= 15 is 0 Å². The average molecular weight is 282 g/mol. The van der Waals surface area contributed by atoms with E-state index in [9.17, 15) is 4.79 Å². The lowest BCUT2D eigenvalue weighted by Crippen LogP contribution is -2.50. The molecule has 1 unspecified atom stereocenters. The fourth-order valence-electron chi connectivity index (χ4n) is 1.74. The minimum Gasteiger partial charge on any atom is -0.465 e. The highest BCUT2D eigenvalue weighted by molar-refractivity contribution is 7.99. The van der Waals surface area contributed by atoms with Crippen LogP contribution in [0.5, 0.6) is 0 Å². The van der Waals surface area contributed by atoms with Gasteiger partial charge in [-0.15, -0.1) is 11.8 Å². The first-order valence-corrected chi connectivity index (χ1v) is 7.57. The second-order valence-electron chi connectivity index (χ2n) is 4.35. The second kappa shape index (κ2) is 8.17. The van der Waals surface area contributed by atoms with Crippen LogP contribution >= 0.6 is 11.8 Å². The Bertz CT molecular complexity index is 386. The molecule has 0 radical (unpaired) electrons. The SMILES string of the molecule is CCNC(C)(CCSc1ccccn1)C(=O)OCC. The molecular formula is C14H22N2O2S. The molecule has 106 valence electrons. The van der Waals surface area contributed by atoms with E-state index in [1.165, 1.54) is 0 Å². The highest BCUT2D eigenvalue weighted by Gasteiger charge is 2.33. The molecule has 0 aliphatic carbocycles. The number of aromatic nitrogens is 1. The molecule has 1 heterocycles. The number of hydrogen-bond donors (Lipinski definition) is 1. The van der Waals surface area contributed by atoms with Crippen LogP contribution in [0.15, 0.2) is 29.4 Å². The van der Waals surface area contributed by atoms with Crippen molar-refractivity contribution in [1.29, 1.82) is 0 Å². The monoisotopic (exact) mass is 282 g/mol. The van der Waals surface area contributed by atoms with Crippen LogP contribution in [0.4, 0.5) is 0 Å². The fraction of sp³-hybridized carbons (Fsp3) is 0.571. The van der Waals surface area contributed by atoms with Crippen molar-refractivity contribution >= 4 is 17.7 Å². The van der Waals surface area contributed by atoms with Crippen molar-refractivity contribution in [2.75, 3.05) is 18.9 Å². The van der Waals surface area contributed by atoms with Crippen molar-refractivity contribution in [1.82, 2.24) is 10.3 Å². The van der Waals surface area contributed by atoms with E-state index in [1.807, 2.05) is 39.0 Å². The minimum absolute atomic E-state index is 0.182. The molecule has 1 rings (SSSR count). The number of rotatable bonds is 8. The standard InChI is InChI=1S/C14H22N2O2S/c1-4-16-14(3,13(17)18-5-2)9-11-19-12-8-6-7-10-15-12/h6-8,10,16H,4-5,9,11H2,1-3H3. The summed E-state index contributed by atoms with van der Waals surface area (Å²) in [6.45, 7) is 6.86. The van der Waals surface area contributed by atoms with E-state index in [4.69, 9.17) is 4.74 Å².